The molecule has 2 aromatic heterocycles. The Labute approximate surface area is 151 Å². The number of pyridine rings is 1. The minimum atomic E-state index is -0.834. The molecule has 6 nitrogen and oxygen atoms in total. The number of alkyl halides is 1. The van der Waals surface area contributed by atoms with Gasteiger partial charge in [0.2, 0.25) is 6.86 Å². The van der Waals surface area contributed by atoms with Gasteiger partial charge in [-0.3, -0.25) is 10.1 Å². The van der Waals surface area contributed by atoms with Crippen molar-refractivity contribution in [3.8, 4) is 17.0 Å². The lowest BCUT2D eigenvalue weighted by atomic mass is 10.1. The molecule has 4 rings (SSSR count). The Balaban J connectivity index is 1.43. The molecule has 1 aliphatic heterocycles. The summed E-state index contributed by atoms with van der Waals surface area (Å²) in [5, 5.41) is 7.52. The zero-order valence-corrected chi connectivity index (χ0v) is 14.3. The molecule has 3 heterocycles. The highest BCUT2D eigenvalue weighted by Gasteiger charge is 2.19. The lowest BCUT2D eigenvalue weighted by Gasteiger charge is -2.36. The van der Waals surface area contributed by atoms with E-state index in [2.05, 4.69) is 25.0 Å². The van der Waals surface area contributed by atoms with Gasteiger partial charge >= 0.3 is 0 Å². The molecule has 1 aromatic carbocycles. The largest absolute Gasteiger partial charge is 0.463 e. The van der Waals surface area contributed by atoms with Crippen molar-refractivity contribution in [1.82, 2.24) is 15.2 Å². The summed E-state index contributed by atoms with van der Waals surface area (Å²) in [6, 6.07) is 13.4. The molecule has 0 amide bonds. The number of hydrogen-bond donors (Lipinski definition) is 1. The Morgan fingerprint density at radius 3 is 2.54 bits per heavy atom. The number of halogens is 1. The number of nitrogens with one attached hydrogen (secondary N) is 1. The van der Waals surface area contributed by atoms with Gasteiger partial charge in [-0.15, -0.1) is 0 Å². The number of H-pyrrole nitrogens is 1. The number of aromatic amines is 1. The van der Waals surface area contributed by atoms with Crippen LogP contribution in [0.4, 0.5) is 15.9 Å². The SMILES string of the molecule is FCOc1cccc(-c2cc(N3CCN(c4ccncc4)CC3)n[nH]2)c1. The van der Waals surface area contributed by atoms with Gasteiger partial charge in [0, 0.05) is 55.9 Å². The molecule has 0 aliphatic carbocycles. The third-order valence-electron chi connectivity index (χ3n) is 4.56. The third kappa shape index (κ3) is 3.46. The van der Waals surface area contributed by atoms with E-state index in [-0.39, 0.29) is 0 Å². The maximum atomic E-state index is 12.4. The molecule has 1 saturated heterocycles. The lowest BCUT2D eigenvalue weighted by molar-refractivity contribution is 0.192. The van der Waals surface area contributed by atoms with Crippen molar-refractivity contribution < 1.29 is 9.13 Å². The predicted molar refractivity (Wildman–Crippen MR) is 99.3 cm³/mol. The molecule has 3 aromatic rings. The average molecular weight is 353 g/mol. The van der Waals surface area contributed by atoms with Crippen molar-refractivity contribution in [2.24, 2.45) is 0 Å². The Bertz CT molecular complexity index is 846. The van der Waals surface area contributed by atoms with E-state index in [0.717, 1.165) is 43.3 Å². The second-order valence-corrected chi connectivity index (χ2v) is 6.10. The Morgan fingerprint density at radius 1 is 1.00 bits per heavy atom. The molecule has 0 radical (unpaired) electrons. The van der Waals surface area contributed by atoms with E-state index in [4.69, 9.17) is 4.74 Å². The Morgan fingerprint density at radius 2 is 1.77 bits per heavy atom. The highest BCUT2D eigenvalue weighted by atomic mass is 19.1. The zero-order chi connectivity index (χ0) is 17.8. The fourth-order valence-corrected chi connectivity index (χ4v) is 3.19. The number of piperazine rings is 1. The molecule has 0 unspecified atom stereocenters. The number of rotatable bonds is 5. The number of hydrogen-bond acceptors (Lipinski definition) is 5. The van der Waals surface area contributed by atoms with Gasteiger partial charge in [0.15, 0.2) is 5.82 Å². The molecular formula is C19H20FN5O. The van der Waals surface area contributed by atoms with Crippen molar-refractivity contribution >= 4 is 11.5 Å². The van der Waals surface area contributed by atoms with Crippen LogP contribution in [0, 0.1) is 0 Å². The van der Waals surface area contributed by atoms with Crippen molar-refractivity contribution in [2.75, 3.05) is 42.8 Å². The zero-order valence-electron chi connectivity index (χ0n) is 14.3. The van der Waals surface area contributed by atoms with Crippen LogP contribution in [-0.4, -0.2) is 48.2 Å². The van der Waals surface area contributed by atoms with Crippen LogP contribution in [0.15, 0.2) is 54.9 Å². The fraction of sp³-hybridized carbons (Fsp3) is 0.263. The van der Waals surface area contributed by atoms with Crippen molar-refractivity contribution in [1.29, 1.82) is 0 Å². The summed E-state index contributed by atoms with van der Waals surface area (Å²) in [6.07, 6.45) is 3.64. The first kappa shape index (κ1) is 16.4. The van der Waals surface area contributed by atoms with Crippen LogP contribution in [0.1, 0.15) is 0 Å². The summed E-state index contributed by atoms with van der Waals surface area (Å²) in [5.74, 6) is 1.43. The number of benzene rings is 1. The molecule has 134 valence electrons. The van der Waals surface area contributed by atoms with E-state index in [1.165, 1.54) is 5.69 Å². The van der Waals surface area contributed by atoms with E-state index >= 15 is 0 Å². The molecule has 0 saturated carbocycles. The predicted octanol–water partition coefficient (Wildman–Crippen LogP) is 3.10. The molecule has 0 bridgehead atoms. The van der Waals surface area contributed by atoms with Crippen molar-refractivity contribution in [3.63, 3.8) is 0 Å². The molecule has 0 atom stereocenters. The summed E-state index contributed by atoms with van der Waals surface area (Å²) in [7, 11) is 0. The molecule has 1 N–H and O–H groups in total. The van der Waals surface area contributed by atoms with Gasteiger partial charge in [-0.1, -0.05) is 12.1 Å². The summed E-state index contributed by atoms with van der Waals surface area (Å²) >= 11 is 0. The van der Waals surface area contributed by atoms with E-state index in [9.17, 15) is 4.39 Å². The number of anilines is 2. The van der Waals surface area contributed by atoms with Gasteiger partial charge in [-0.25, -0.2) is 4.39 Å². The highest BCUT2D eigenvalue weighted by molar-refractivity contribution is 5.65. The molecule has 1 aliphatic rings. The third-order valence-corrected chi connectivity index (χ3v) is 4.56. The topological polar surface area (TPSA) is 57.3 Å². The van der Waals surface area contributed by atoms with E-state index in [1.54, 1.807) is 12.1 Å². The maximum absolute atomic E-state index is 12.4. The first-order valence-corrected chi connectivity index (χ1v) is 8.58. The first-order valence-electron chi connectivity index (χ1n) is 8.58. The van der Waals surface area contributed by atoms with E-state index in [1.807, 2.05) is 42.7 Å². The normalized spacial score (nSPS) is 14.5. The van der Waals surface area contributed by atoms with Gasteiger partial charge < -0.3 is 14.5 Å². The van der Waals surface area contributed by atoms with Crippen LogP contribution in [0.25, 0.3) is 11.3 Å². The smallest absolute Gasteiger partial charge is 0.228 e. The summed E-state index contributed by atoms with van der Waals surface area (Å²) in [5.41, 5.74) is 3.01. The van der Waals surface area contributed by atoms with Gasteiger partial charge in [0.05, 0.1) is 5.69 Å². The van der Waals surface area contributed by atoms with Crippen molar-refractivity contribution in [2.45, 2.75) is 0 Å². The van der Waals surface area contributed by atoms with Crippen LogP contribution in [0.3, 0.4) is 0 Å². The minimum Gasteiger partial charge on any atom is -0.463 e. The van der Waals surface area contributed by atoms with Crippen LogP contribution in [-0.2, 0) is 0 Å². The maximum Gasteiger partial charge on any atom is 0.228 e. The molecule has 0 spiro atoms. The average Bonchev–Trinajstić information content (AvgIpc) is 3.20. The quantitative estimate of drug-likeness (QED) is 0.764. The van der Waals surface area contributed by atoms with Crippen LogP contribution in [0.2, 0.25) is 0 Å². The van der Waals surface area contributed by atoms with Crippen molar-refractivity contribution in [3.05, 3.63) is 54.9 Å². The lowest BCUT2D eigenvalue weighted by Crippen LogP contribution is -2.46. The number of ether oxygens (including phenoxy) is 1. The Kier molecular flexibility index (Phi) is 4.68. The van der Waals surface area contributed by atoms with Crippen LogP contribution in [0.5, 0.6) is 5.75 Å². The van der Waals surface area contributed by atoms with Crippen LogP contribution < -0.4 is 14.5 Å². The Hall–Kier alpha value is -3.09. The van der Waals surface area contributed by atoms with Gasteiger partial charge in [0.25, 0.3) is 0 Å². The molecule has 26 heavy (non-hydrogen) atoms. The second kappa shape index (κ2) is 7.43. The standard InChI is InChI=1S/C19H20FN5O/c20-14-26-17-3-1-2-15(12-17)18-13-19(23-22-18)25-10-8-24(9-11-25)16-4-6-21-7-5-16/h1-7,12-13H,8-11,14H2,(H,22,23). The highest BCUT2D eigenvalue weighted by Crippen LogP contribution is 2.26. The number of aromatic nitrogens is 3. The second-order valence-electron chi connectivity index (χ2n) is 6.10. The van der Waals surface area contributed by atoms with Gasteiger partial charge in [-0.05, 0) is 24.3 Å². The summed E-state index contributed by atoms with van der Waals surface area (Å²) < 4.78 is 17.3. The minimum absolute atomic E-state index is 0.507. The molecule has 1 fully saturated rings. The summed E-state index contributed by atoms with van der Waals surface area (Å²) in [6.45, 7) is 2.84. The van der Waals surface area contributed by atoms with Crippen LogP contribution >= 0.6 is 0 Å². The van der Waals surface area contributed by atoms with E-state index in [0.29, 0.717) is 5.75 Å². The van der Waals surface area contributed by atoms with Gasteiger partial charge in [-0.2, -0.15) is 5.10 Å². The monoisotopic (exact) mass is 353 g/mol. The first-order chi connectivity index (χ1) is 12.8. The van der Waals surface area contributed by atoms with E-state index < -0.39 is 6.86 Å². The van der Waals surface area contributed by atoms with Gasteiger partial charge in [0.1, 0.15) is 5.75 Å². The summed E-state index contributed by atoms with van der Waals surface area (Å²) in [4.78, 5) is 8.69. The number of nitrogens with zero attached hydrogens (tertiary/aromatic N) is 4. The molecular weight excluding hydrogens is 333 g/mol. The fourth-order valence-electron chi connectivity index (χ4n) is 3.19. The molecule has 7 heteroatoms.